The SMILES string of the molecule is CSc1nnc(N2CNN(C)C2=O)s1. The smallest absolute Gasteiger partial charge is 0.261 e. The molecule has 14 heavy (non-hydrogen) atoms. The van der Waals surface area contributed by atoms with Gasteiger partial charge in [-0.1, -0.05) is 23.1 Å². The monoisotopic (exact) mass is 231 g/mol. The highest BCUT2D eigenvalue weighted by Gasteiger charge is 2.28. The van der Waals surface area contributed by atoms with Crippen LogP contribution >= 0.6 is 23.1 Å². The van der Waals surface area contributed by atoms with E-state index in [0.29, 0.717) is 11.8 Å². The molecule has 0 aliphatic carbocycles. The Kier molecular flexibility index (Phi) is 2.57. The molecule has 2 heterocycles. The Morgan fingerprint density at radius 3 is 2.86 bits per heavy atom. The first-order valence-corrected chi connectivity index (χ1v) is 5.92. The quantitative estimate of drug-likeness (QED) is 0.596. The van der Waals surface area contributed by atoms with Gasteiger partial charge in [-0.25, -0.2) is 10.2 Å². The number of hydrogen-bond donors (Lipinski definition) is 1. The number of thioether (sulfide) groups is 1. The molecule has 1 aliphatic heterocycles. The highest BCUT2D eigenvalue weighted by Crippen LogP contribution is 2.27. The number of nitrogens with zero attached hydrogens (tertiary/aromatic N) is 4. The van der Waals surface area contributed by atoms with E-state index in [9.17, 15) is 4.79 Å². The largest absolute Gasteiger partial charge is 0.341 e. The molecular weight excluding hydrogens is 222 g/mol. The Labute approximate surface area is 89.3 Å². The number of carbonyl (C=O) groups is 1. The minimum Gasteiger partial charge on any atom is -0.261 e. The van der Waals surface area contributed by atoms with Crippen LogP contribution in [-0.4, -0.2) is 41.2 Å². The van der Waals surface area contributed by atoms with E-state index in [1.807, 2.05) is 6.26 Å². The van der Waals surface area contributed by atoms with Crippen molar-refractivity contribution in [1.29, 1.82) is 0 Å². The van der Waals surface area contributed by atoms with Gasteiger partial charge in [-0.15, -0.1) is 10.2 Å². The van der Waals surface area contributed by atoms with Crippen molar-refractivity contribution in [2.75, 3.05) is 24.9 Å². The standard InChI is InChI=1S/C6H9N5OS2/c1-10-6(12)11(3-7-10)4-8-9-5(13-2)14-4/h7H,3H2,1-2H3. The average molecular weight is 231 g/mol. The zero-order valence-electron chi connectivity index (χ0n) is 7.72. The number of hydrogen-bond acceptors (Lipinski definition) is 6. The second-order valence-electron chi connectivity index (χ2n) is 2.64. The lowest BCUT2D eigenvalue weighted by molar-refractivity contribution is 0.217. The van der Waals surface area contributed by atoms with Crippen LogP contribution in [0.5, 0.6) is 0 Å². The molecule has 0 atom stereocenters. The molecule has 1 N–H and O–H groups in total. The molecule has 0 unspecified atom stereocenters. The zero-order chi connectivity index (χ0) is 10.1. The second-order valence-corrected chi connectivity index (χ2v) is 4.65. The van der Waals surface area contributed by atoms with Crippen molar-refractivity contribution in [1.82, 2.24) is 20.6 Å². The summed E-state index contributed by atoms with van der Waals surface area (Å²) in [6.07, 6.45) is 1.93. The lowest BCUT2D eigenvalue weighted by atomic mass is 10.8. The van der Waals surface area contributed by atoms with Crippen LogP contribution in [0.1, 0.15) is 0 Å². The Morgan fingerprint density at radius 1 is 1.57 bits per heavy atom. The lowest BCUT2D eigenvalue weighted by Crippen LogP contribution is -2.31. The van der Waals surface area contributed by atoms with E-state index in [0.717, 1.165) is 4.34 Å². The lowest BCUT2D eigenvalue weighted by Gasteiger charge is -2.08. The molecule has 76 valence electrons. The van der Waals surface area contributed by atoms with Crippen molar-refractivity contribution in [2.45, 2.75) is 4.34 Å². The first kappa shape index (κ1) is 9.69. The van der Waals surface area contributed by atoms with Crippen LogP contribution in [0.2, 0.25) is 0 Å². The van der Waals surface area contributed by atoms with E-state index in [1.54, 1.807) is 11.9 Å². The molecule has 2 amide bonds. The molecule has 1 aliphatic rings. The molecule has 1 aromatic rings. The maximum Gasteiger partial charge on any atom is 0.341 e. The fraction of sp³-hybridized carbons (Fsp3) is 0.500. The summed E-state index contributed by atoms with van der Waals surface area (Å²) < 4.78 is 0.863. The van der Waals surface area contributed by atoms with Gasteiger partial charge in [-0.05, 0) is 6.26 Å². The predicted molar refractivity (Wildman–Crippen MR) is 55.3 cm³/mol. The summed E-state index contributed by atoms with van der Waals surface area (Å²) in [6, 6.07) is -0.103. The van der Waals surface area contributed by atoms with Crippen molar-refractivity contribution < 1.29 is 4.79 Å². The van der Waals surface area contributed by atoms with Crippen molar-refractivity contribution in [3.8, 4) is 0 Å². The van der Waals surface area contributed by atoms with Gasteiger partial charge >= 0.3 is 6.03 Å². The van der Waals surface area contributed by atoms with Crippen molar-refractivity contribution in [3.63, 3.8) is 0 Å². The molecule has 6 nitrogen and oxygen atoms in total. The topological polar surface area (TPSA) is 61.4 Å². The molecule has 0 spiro atoms. The number of hydrazine groups is 1. The van der Waals surface area contributed by atoms with E-state index >= 15 is 0 Å². The number of anilines is 1. The Hall–Kier alpha value is -0.860. The van der Waals surface area contributed by atoms with Crippen molar-refractivity contribution >= 4 is 34.3 Å². The molecule has 0 radical (unpaired) electrons. The van der Waals surface area contributed by atoms with Crippen LogP contribution in [0.4, 0.5) is 9.93 Å². The van der Waals surface area contributed by atoms with Crippen LogP contribution in [0.3, 0.4) is 0 Å². The molecule has 1 fully saturated rings. The van der Waals surface area contributed by atoms with Crippen LogP contribution < -0.4 is 10.3 Å². The molecule has 1 aromatic heterocycles. The molecule has 0 aromatic carbocycles. The van der Waals surface area contributed by atoms with E-state index in [4.69, 9.17) is 0 Å². The maximum absolute atomic E-state index is 11.5. The van der Waals surface area contributed by atoms with Gasteiger partial charge in [0.2, 0.25) is 5.13 Å². The summed E-state index contributed by atoms with van der Waals surface area (Å²) in [6.45, 7) is 0.457. The normalized spacial score (nSPS) is 16.9. The summed E-state index contributed by atoms with van der Waals surface area (Å²) >= 11 is 2.94. The number of nitrogens with one attached hydrogen (secondary N) is 1. The van der Waals surface area contributed by atoms with Crippen LogP contribution in [0.15, 0.2) is 4.34 Å². The minimum absolute atomic E-state index is 0.103. The third-order valence-electron chi connectivity index (χ3n) is 1.79. The third-order valence-corrected chi connectivity index (χ3v) is 3.71. The highest BCUT2D eigenvalue weighted by atomic mass is 32.2. The Bertz CT molecular complexity index is 354. The van der Waals surface area contributed by atoms with E-state index in [1.165, 1.54) is 28.1 Å². The summed E-state index contributed by atoms with van der Waals surface area (Å²) in [5, 5.41) is 9.94. The molecular formula is C6H9N5OS2. The molecule has 8 heteroatoms. The summed E-state index contributed by atoms with van der Waals surface area (Å²) in [5.41, 5.74) is 2.89. The Balaban J connectivity index is 2.19. The van der Waals surface area contributed by atoms with E-state index in [-0.39, 0.29) is 6.03 Å². The highest BCUT2D eigenvalue weighted by molar-refractivity contribution is 8.00. The van der Waals surface area contributed by atoms with Gasteiger partial charge in [-0.2, -0.15) is 0 Å². The molecule has 0 bridgehead atoms. The van der Waals surface area contributed by atoms with Gasteiger partial charge in [0, 0.05) is 7.05 Å². The zero-order valence-corrected chi connectivity index (χ0v) is 9.35. The van der Waals surface area contributed by atoms with Crippen LogP contribution in [0, 0.1) is 0 Å². The van der Waals surface area contributed by atoms with Crippen molar-refractivity contribution in [2.24, 2.45) is 0 Å². The van der Waals surface area contributed by atoms with Crippen LogP contribution in [0.25, 0.3) is 0 Å². The summed E-state index contributed by atoms with van der Waals surface area (Å²) in [4.78, 5) is 13.1. The van der Waals surface area contributed by atoms with Crippen LogP contribution in [-0.2, 0) is 0 Å². The molecule has 1 saturated heterocycles. The summed E-state index contributed by atoms with van der Waals surface area (Å²) in [5.74, 6) is 0. The average Bonchev–Trinajstić information content (AvgIpc) is 2.75. The maximum atomic E-state index is 11.5. The molecule has 0 saturated carbocycles. The summed E-state index contributed by atoms with van der Waals surface area (Å²) in [7, 11) is 1.68. The second kappa shape index (κ2) is 3.71. The number of amides is 2. The van der Waals surface area contributed by atoms with Gasteiger partial charge in [-0.3, -0.25) is 9.91 Å². The first-order chi connectivity index (χ1) is 6.72. The predicted octanol–water partition coefficient (Wildman–Crippen LogP) is 0.594. The minimum atomic E-state index is -0.103. The number of urea groups is 1. The van der Waals surface area contributed by atoms with E-state index < -0.39 is 0 Å². The van der Waals surface area contributed by atoms with Gasteiger partial charge < -0.3 is 0 Å². The van der Waals surface area contributed by atoms with Gasteiger partial charge in [0.05, 0.1) is 6.67 Å². The number of carbonyl (C=O) groups excluding carboxylic acids is 1. The van der Waals surface area contributed by atoms with Crippen molar-refractivity contribution in [3.05, 3.63) is 0 Å². The Morgan fingerprint density at radius 2 is 2.36 bits per heavy atom. The van der Waals surface area contributed by atoms with E-state index in [2.05, 4.69) is 15.6 Å². The fourth-order valence-corrected chi connectivity index (χ4v) is 2.29. The number of rotatable bonds is 2. The third kappa shape index (κ3) is 1.56. The fourth-order valence-electron chi connectivity index (χ4n) is 1.04. The molecule has 2 rings (SSSR count). The first-order valence-electron chi connectivity index (χ1n) is 3.88. The van der Waals surface area contributed by atoms with Gasteiger partial charge in [0.1, 0.15) is 0 Å². The van der Waals surface area contributed by atoms with Gasteiger partial charge in [0.15, 0.2) is 4.34 Å². The number of aromatic nitrogens is 2. The van der Waals surface area contributed by atoms with Gasteiger partial charge in [0.25, 0.3) is 0 Å².